The molecule has 0 aromatic heterocycles. The molecule has 0 aliphatic heterocycles. The summed E-state index contributed by atoms with van der Waals surface area (Å²) in [6.07, 6.45) is 2.94. The highest BCUT2D eigenvalue weighted by Crippen LogP contribution is 2.41. The van der Waals surface area contributed by atoms with Gasteiger partial charge in [-0.05, 0) is 66.1 Å². The van der Waals surface area contributed by atoms with E-state index in [0.29, 0.717) is 6.54 Å². The minimum atomic E-state index is -0.310. The molecular weight excluding hydrogens is 327 g/mol. The molecule has 1 aliphatic rings. The Kier molecular flexibility index (Phi) is 3.73. The molecule has 1 aliphatic carbocycles. The van der Waals surface area contributed by atoms with Crippen molar-refractivity contribution < 1.29 is 4.79 Å². The van der Waals surface area contributed by atoms with Crippen molar-refractivity contribution in [2.45, 2.75) is 26.2 Å². The van der Waals surface area contributed by atoms with Crippen molar-refractivity contribution >= 4 is 34.2 Å². The first-order chi connectivity index (χ1) is 8.07. The van der Waals surface area contributed by atoms with Gasteiger partial charge in [0.15, 0.2) is 0 Å². The summed E-state index contributed by atoms with van der Waals surface area (Å²) in [5.41, 5.74) is 7.41. The van der Waals surface area contributed by atoms with Gasteiger partial charge in [-0.15, -0.1) is 0 Å². The van der Waals surface area contributed by atoms with E-state index in [1.807, 2.05) is 19.1 Å². The third kappa shape index (κ3) is 2.47. The maximum atomic E-state index is 12.2. The van der Waals surface area contributed by atoms with Crippen LogP contribution in [0.4, 0.5) is 5.69 Å². The fourth-order valence-electron chi connectivity index (χ4n) is 2.15. The molecule has 1 aromatic rings. The molecule has 3 nitrogen and oxygen atoms in total. The van der Waals surface area contributed by atoms with E-state index in [0.717, 1.165) is 30.5 Å². The van der Waals surface area contributed by atoms with Crippen molar-refractivity contribution in [3.63, 3.8) is 0 Å². The minimum Gasteiger partial charge on any atom is -0.329 e. The third-order valence-corrected chi connectivity index (χ3v) is 4.29. The van der Waals surface area contributed by atoms with Gasteiger partial charge in [-0.1, -0.05) is 6.42 Å². The lowest BCUT2D eigenvalue weighted by Crippen LogP contribution is -2.47. The van der Waals surface area contributed by atoms with Gasteiger partial charge in [-0.3, -0.25) is 4.79 Å². The lowest BCUT2D eigenvalue weighted by atomic mass is 9.68. The Balaban J connectivity index is 2.13. The summed E-state index contributed by atoms with van der Waals surface area (Å²) in [4.78, 5) is 12.2. The van der Waals surface area contributed by atoms with Crippen molar-refractivity contribution in [2.24, 2.45) is 11.1 Å². The number of nitrogens with two attached hydrogens (primary N) is 1. The highest BCUT2D eigenvalue weighted by atomic mass is 127. The number of hydrogen-bond donors (Lipinski definition) is 2. The maximum Gasteiger partial charge on any atom is 0.231 e. The first-order valence-corrected chi connectivity index (χ1v) is 6.93. The molecule has 17 heavy (non-hydrogen) atoms. The summed E-state index contributed by atoms with van der Waals surface area (Å²) < 4.78 is 1.18. The number of rotatable bonds is 3. The molecule has 4 heteroatoms. The lowest BCUT2D eigenvalue weighted by Gasteiger charge is -2.39. The van der Waals surface area contributed by atoms with Gasteiger partial charge in [0.1, 0.15) is 0 Å². The van der Waals surface area contributed by atoms with Crippen LogP contribution in [0, 0.1) is 15.9 Å². The molecule has 1 saturated carbocycles. The van der Waals surface area contributed by atoms with Crippen LogP contribution in [0.5, 0.6) is 0 Å². The second-order valence-electron chi connectivity index (χ2n) is 4.75. The van der Waals surface area contributed by atoms with E-state index in [1.54, 1.807) is 0 Å². The van der Waals surface area contributed by atoms with Gasteiger partial charge in [0.25, 0.3) is 0 Å². The Morgan fingerprint density at radius 1 is 1.53 bits per heavy atom. The topological polar surface area (TPSA) is 55.1 Å². The predicted molar refractivity (Wildman–Crippen MR) is 77.9 cm³/mol. The molecule has 0 bridgehead atoms. The zero-order valence-corrected chi connectivity index (χ0v) is 12.1. The number of anilines is 1. The monoisotopic (exact) mass is 344 g/mol. The minimum absolute atomic E-state index is 0.0792. The van der Waals surface area contributed by atoms with Crippen LogP contribution in [0.1, 0.15) is 24.8 Å². The number of nitrogens with one attached hydrogen (secondary N) is 1. The Bertz CT molecular complexity index is 436. The Morgan fingerprint density at radius 2 is 2.24 bits per heavy atom. The molecule has 0 atom stereocenters. The summed E-state index contributed by atoms with van der Waals surface area (Å²) in [5, 5.41) is 3.01. The molecule has 0 radical (unpaired) electrons. The van der Waals surface area contributed by atoms with Crippen LogP contribution >= 0.6 is 22.6 Å². The van der Waals surface area contributed by atoms with Gasteiger partial charge in [0.05, 0.1) is 5.41 Å². The molecule has 0 spiro atoms. The van der Waals surface area contributed by atoms with E-state index in [-0.39, 0.29) is 11.3 Å². The Labute approximate surface area is 115 Å². The van der Waals surface area contributed by atoms with Crippen LogP contribution in [0.3, 0.4) is 0 Å². The number of amides is 1. The summed E-state index contributed by atoms with van der Waals surface area (Å²) in [7, 11) is 0. The molecule has 3 N–H and O–H groups in total. The zero-order valence-electron chi connectivity index (χ0n) is 9.92. The fraction of sp³-hybridized carbons (Fsp3) is 0.462. The van der Waals surface area contributed by atoms with E-state index < -0.39 is 0 Å². The molecule has 1 aromatic carbocycles. The van der Waals surface area contributed by atoms with Gasteiger partial charge < -0.3 is 11.1 Å². The Morgan fingerprint density at radius 3 is 2.71 bits per heavy atom. The smallest absolute Gasteiger partial charge is 0.231 e. The molecule has 1 fully saturated rings. The van der Waals surface area contributed by atoms with Crippen LogP contribution < -0.4 is 11.1 Å². The van der Waals surface area contributed by atoms with E-state index in [2.05, 4.69) is 34.0 Å². The van der Waals surface area contributed by atoms with Gasteiger partial charge in [-0.25, -0.2) is 0 Å². The predicted octanol–water partition coefficient (Wildman–Crippen LogP) is 2.67. The van der Waals surface area contributed by atoms with Crippen molar-refractivity contribution in [3.8, 4) is 0 Å². The summed E-state index contributed by atoms with van der Waals surface area (Å²) in [5.74, 6) is 0.0792. The van der Waals surface area contributed by atoms with Crippen LogP contribution in [-0.4, -0.2) is 12.5 Å². The SMILES string of the molecule is Cc1cc(I)ccc1NC(=O)C1(CN)CCC1. The molecule has 2 rings (SSSR count). The number of aryl methyl sites for hydroxylation is 1. The average Bonchev–Trinajstić information content (AvgIpc) is 2.21. The standard InChI is InChI=1S/C13H17IN2O/c1-9-7-10(14)3-4-11(9)16-12(17)13(8-15)5-2-6-13/h3-4,7H,2,5-6,8,15H2,1H3,(H,16,17). The van der Waals surface area contributed by atoms with Crippen molar-refractivity contribution in [3.05, 3.63) is 27.3 Å². The zero-order chi connectivity index (χ0) is 12.5. The van der Waals surface area contributed by atoms with Crippen molar-refractivity contribution in [1.29, 1.82) is 0 Å². The molecule has 92 valence electrons. The van der Waals surface area contributed by atoms with Crippen LogP contribution in [-0.2, 0) is 4.79 Å². The maximum absolute atomic E-state index is 12.2. The van der Waals surface area contributed by atoms with Crippen LogP contribution in [0.15, 0.2) is 18.2 Å². The quantitative estimate of drug-likeness (QED) is 0.829. The Hall–Kier alpha value is -0.620. The van der Waals surface area contributed by atoms with Crippen molar-refractivity contribution in [1.82, 2.24) is 0 Å². The third-order valence-electron chi connectivity index (χ3n) is 3.62. The highest BCUT2D eigenvalue weighted by Gasteiger charge is 2.42. The largest absolute Gasteiger partial charge is 0.329 e. The van der Waals surface area contributed by atoms with Crippen molar-refractivity contribution in [2.75, 3.05) is 11.9 Å². The highest BCUT2D eigenvalue weighted by molar-refractivity contribution is 14.1. The first kappa shape index (κ1) is 12.8. The number of benzene rings is 1. The van der Waals surface area contributed by atoms with Gasteiger partial charge >= 0.3 is 0 Å². The van der Waals surface area contributed by atoms with E-state index in [9.17, 15) is 4.79 Å². The lowest BCUT2D eigenvalue weighted by molar-refractivity contribution is -0.129. The fourth-order valence-corrected chi connectivity index (χ4v) is 2.80. The van der Waals surface area contributed by atoms with E-state index >= 15 is 0 Å². The molecular formula is C13H17IN2O. The van der Waals surface area contributed by atoms with Crippen LogP contribution in [0.25, 0.3) is 0 Å². The first-order valence-electron chi connectivity index (χ1n) is 5.85. The summed E-state index contributed by atoms with van der Waals surface area (Å²) >= 11 is 2.27. The molecule has 0 heterocycles. The normalized spacial score (nSPS) is 17.4. The molecule has 0 unspecified atom stereocenters. The summed E-state index contributed by atoms with van der Waals surface area (Å²) in [6, 6.07) is 6.02. The molecule has 1 amide bonds. The second kappa shape index (κ2) is 4.94. The van der Waals surface area contributed by atoms with Gasteiger partial charge in [-0.2, -0.15) is 0 Å². The number of carbonyl (C=O) groups is 1. The number of hydrogen-bond acceptors (Lipinski definition) is 2. The number of halogens is 1. The van der Waals surface area contributed by atoms with Crippen LogP contribution in [0.2, 0.25) is 0 Å². The van der Waals surface area contributed by atoms with E-state index in [4.69, 9.17) is 5.73 Å². The molecule has 0 saturated heterocycles. The second-order valence-corrected chi connectivity index (χ2v) is 6.00. The average molecular weight is 344 g/mol. The van der Waals surface area contributed by atoms with Gasteiger partial charge in [0.2, 0.25) is 5.91 Å². The van der Waals surface area contributed by atoms with E-state index in [1.165, 1.54) is 3.57 Å². The summed E-state index contributed by atoms with van der Waals surface area (Å²) in [6.45, 7) is 2.45. The number of carbonyl (C=O) groups excluding carboxylic acids is 1. The van der Waals surface area contributed by atoms with Gasteiger partial charge in [0, 0.05) is 15.8 Å².